The molecular weight excluding hydrogens is 414 g/mol. The molecule has 0 bridgehead atoms. The zero-order valence-corrected chi connectivity index (χ0v) is 15.9. The predicted octanol–water partition coefficient (Wildman–Crippen LogP) is 5.25. The molecule has 0 radical (unpaired) electrons. The highest BCUT2D eigenvalue weighted by Crippen LogP contribution is 2.29. The van der Waals surface area contributed by atoms with E-state index in [9.17, 15) is 27.7 Å². The summed E-state index contributed by atoms with van der Waals surface area (Å²) in [4.78, 5) is 10.3. The molecule has 0 fully saturated rings. The third-order valence-corrected chi connectivity index (χ3v) is 3.96. The van der Waals surface area contributed by atoms with Gasteiger partial charge >= 0.3 is 12.3 Å². The molecule has 0 unspecified atom stereocenters. The number of nitro benzene ring substituents is 1. The van der Waals surface area contributed by atoms with Crippen LogP contribution in [0.3, 0.4) is 0 Å². The zero-order chi connectivity index (χ0) is 21.6. The van der Waals surface area contributed by atoms with E-state index in [4.69, 9.17) is 12.2 Å². The lowest BCUT2D eigenvalue weighted by atomic mass is 10.1. The van der Waals surface area contributed by atoms with Gasteiger partial charge in [0, 0.05) is 17.8 Å². The molecule has 0 spiro atoms. The average molecular weight is 431 g/mol. The van der Waals surface area contributed by atoms with E-state index in [0.29, 0.717) is 0 Å². The van der Waals surface area contributed by atoms with Crippen molar-refractivity contribution in [3.8, 4) is 5.75 Å². The van der Waals surface area contributed by atoms with Crippen molar-refractivity contribution >= 4 is 34.4 Å². The van der Waals surface area contributed by atoms with Gasteiger partial charge in [0.05, 0.1) is 16.7 Å². The number of thiocarbonyl (C=S) groups is 1. The molecule has 0 saturated heterocycles. The molecule has 0 atom stereocenters. The Morgan fingerprint density at radius 2 is 1.93 bits per heavy atom. The number of nitrogens with one attached hydrogen (secondary N) is 2. The van der Waals surface area contributed by atoms with Crippen molar-refractivity contribution in [2.24, 2.45) is 0 Å². The Labute approximate surface area is 169 Å². The number of hydrogen-bond donors (Lipinski definition) is 2. The molecule has 156 valence electrons. The van der Waals surface area contributed by atoms with Gasteiger partial charge < -0.3 is 15.4 Å². The maximum Gasteiger partial charge on any atom is 0.340 e. The van der Waals surface area contributed by atoms with Gasteiger partial charge in [-0.3, -0.25) is 10.1 Å². The lowest BCUT2D eigenvalue weighted by molar-refractivity contribution is -0.384. The maximum atomic E-state index is 13.1. The van der Waals surface area contributed by atoms with E-state index < -0.39 is 29.6 Å². The summed E-state index contributed by atoms with van der Waals surface area (Å²) in [5.74, 6) is -4.77. The molecule has 11 heteroatoms. The first-order valence-corrected chi connectivity index (χ1v) is 8.77. The molecule has 2 aromatic rings. The molecule has 0 aliphatic rings. The van der Waals surface area contributed by atoms with E-state index in [2.05, 4.69) is 15.4 Å². The fraction of sp³-hybridized carbons (Fsp3) is 0.278. The van der Waals surface area contributed by atoms with Gasteiger partial charge in [0.1, 0.15) is 5.75 Å². The van der Waals surface area contributed by atoms with Crippen LogP contribution in [-0.4, -0.2) is 29.0 Å². The highest BCUT2D eigenvalue weighted by atomic mass is 32.1. The van der Waals surface area contributed by atoms with Crippen molar-refractivity contribution in [1.82, 2.24) is 0 Å². The lowest BCUT2D eigenvalue weighted by Gasteiger charge is -2.17. The van der Waals surface area contributed by atoms with E-state index >= 15 is 0 Å². The summed E-state index contributed by atoms with van der Waals surface area (Å²) in [5, 5.41) is 16.8. The number of nitro groups is 1. The Balaban J connectivity index is 2.17. The van der Waals surface area contributed by atoms with Crippen LogP contribution in [0.25, 0.3) is 0 Å². The second-order valence-electron chi connectivity index (χ2n) is 5.91. The monoisotopic (exact) mass is 431 g/mol. The third-order valence-electron chi connectivity index (χ3n) is 3.76. The Kier molecular flexibility index (Phi) is 7.32. The smallest absolute Gasteiger partial charge is 0.340 e. The average Bonchev–Trinajstić information content (AvgIpc) is 2.66. The van der Waals surface area contributed by atoms with Crippen molar-refractivity contribution in [1.29, 1.82) is 0 Å². The Morgan fingerprint density at radius 3 is 2.55 bits per heavy atom. The minimum absolute atomic E-state index is 0.0704. The first-order chi connectivity index (χ1) is 13.6. The molecular formula is C18H17F4N3O3S. The standard InChI is InChI=1S/C18H17F4N3O3S/c1-2-11-5-3-4-6-15(11)24-17(29)23-12-7-13(25(26)27)9-14(8-12)28-10-18(21,22)16(19)20/h3-9,16H,2,10H2,1H3,(H2,23,24,29). The highest BCUT2D eigenvalue weighted by molar-refractivity contribution is 7.80. The largest absolute Gasteiger partial charge is 0.487 e. The summed E-state index contributed by atoms with van der Waals surface area (Å²) in [7, 11) is 0. The van der Waals surface area contributed by atoms with E-state index in [0.717, 1.165) is 35.9 Å². The van der Waals surface area contributed by atoms with E-state index in [1.54, 1.807) is 12.1 Å². The number of halogens is 4. The fourth-order valence-electron chi connectivity index (χ4n) is 2.32. The van der Waals surface area contributed by atoms with E-state index in [1.807, 2.05) is 19.1 Å². The molecule has 0 aliphatic carbocycles. The van der Waals surface area contributed by atoms with Gasteiger partial charge in [0.25, 0.3) is 5.69 Å². The van der Waals surface area contributed by atoms with Gasteiger partial charge in [0.15, 0.2) is 11.7 Å². The zero-order valence-electron chi connectivity index (χ0n) is 15.1. The van der Waals surface area contributed by atoms with Gasteiger partial charge in [-0.2, -0.15) is 8.78 Å². The van der Waals surface area contributed by atoms with Gasteiger partial charge in [0.2, 0.25) is 0 Å². The van der Waals surface area contributed by atoms with Crippen LogP contribution in [0.15, 0.2) is 42.5 Å². The van der Waals surface area contributed by atoms with Crippen LogP contribution in [0.1, 0.15) is 12.5 Å². The second kappa shape index (κ2) is 9.50. The summed E-state index contributed by atoms with van der Waals surface area (Å²) >= 11 is 5.18. The number of ether oxygens (including phenoxy) is 1. The van der Waals surface area contributed by atoms with Crippen LogP contribution in [0, 0.1) is 10.1 Å². The second-order valence-corrected chi connectivity index (χ2v) is 6.32. The summed E-state index contributed by atoms with van der Waals surface area (Å²) in [5.41, 5.74) is 1.29. The molecule has 2 N–H and O–H groups in total. The predicted molar refractivity (Wildman–Crippen MR) is 105 cm³/mol. The van der Waals surface area contributed by atoms with Crippen LogP contribution in [0.2, 0.25) is 0 Å². The molecule has 0 aromatic heterocycles. The minimum atomic E-state index is -4.39. The Hall–Kier alpha value is -2.95. The first-order valence-electron chi connectivity index (χ1n) is 8.36. The number of rotatable bonds is 8. The minimum Gasteiger partial charge on any atom is -0.487 e. The number of benzene rings is 2. The number of hydrogen-bond acceptors (Lipinski definition) is 4. The molecule has 2 rings (SSSR count). The van der Waals surface area contributed by atoms with Gasteiger partial charge in [-0.05, 0) is 30.3 Å². The molecule has 6 nitrogen and oxygen atoms in total. The molecule has 0 heterocycles. The van der Waals surface area contributed by atoms with Crippen molar-refractivity contribution in [2.45, 2.75) is 25.7 Å². The summed E-state index contributed by atoms with van der Waals surface area (Å²) in [6, 6.07) is 10.5. The number of anilines is 2. The Bertz CT molecular complexity index is 896. The quantitative estimate of drug-likeness (QED) is 0.258. The molecule has 0 amide bonds. The number of nitrogens with zero attached hydrogens (tertiary/aromatic N) is 1. The number of non-ortho nitro benzene ring substituents is 1. The fourth-order valence-corrected chi connectivity index (χ4v) is 2.55. The van der Waals surface area contributed by atoms with Crippen LogP contribution in [0.4, 0.5) is 34.6 Å². The number of alkyl halides is 4. The van der Waals surface area contributed by atoms with Crippen LogP contribution >= 0.6 is 12.2 Å². The van der Waals surface area contributed by atoms with Gasteiger partial charge in [-0.25, -0.2) is 8.78 Å². The SMILES string of the molecule is CCc1ccccc1NC(=S)Nc1cc(OCC(F)(F)C(F)F)cc([N+](=O)[O-])c1. The first kappa shape index (κ1) is 22.3. The lowest BCUT2D eigenvalue weighted by Crippen LogP contribution is -2.33. The summed E-state index contributed by atoms with van der Waals surface area (Å²) < 4.78 is 55.3. The number of para-hydroxylation sites is 1. The highest BCUT2D eigenvalue weighted by Gasteiger charge is 2.41. The Morgan fingerprint density at radius 1 is 1.24 bits per heavy atom. The van der Waals surface area contributed by atoms with Gasteiger partial charge in [-0.1, -0.05) is 25.1 Å². The van der Waals surface area contributed by atoms with Crippen molar-refractivity contribution in [3.63, 3.8) is 0 Å². The van der Waals surface area contributed by atoms with Crippen LogP contribution in [0.5, 0.6) is 5.75 Å². The van der Waals surface area contributed by atoms with Crippen LogP contribution < -0.4 is 15.4 Å². The van der Waals surface area contributed by atoms with E-state index in [-0.39, 0.29) is 16.5 Å². The van der Waals surface area contributed by atoms with Crippen molar-refractivity contribution in [3.05, 3.63) is 58.1 Å². The van der Waals surface area contributed by atoms with Crippen molar-refractivity contribution in [2.75, 3.05) is 17.2 Å². The van der Waals surface area contributed by atoms with Crippen molar-refractivity contribution < 1.29 is 27.2 Å². The normalized spacial score (nSPS) is 11.2. The third kappa shape index (κ3) is 6.28. The summed E-state index contributed by atoms with van der Waals surface area (Å²) in [6.07, 6.45) is -3.19. The molecule has 0 aliphatic heterocycles. The topological polar surface area (TPSA) is 76.4 Å². The maximum absolute atomic E-state index is 13.1. The van der Waals surface area contributed by atoms with Gasteiger partial charge in [-0.15, -0.1) is 0 Å². The molecule has 29 heavy (non-hydrogen) atoms. The van der Waals surface area contributed by atoms with Crippen LogP contribution in [-0.2, 0) is 6.42 Å². The molecule has 2 aromatic carbocycles. The molecule has 0 saturated carbocycles. The summed E-state index contributed by atoms with van der Waals surface area (Å²) in [6.45, 7) is 0.328. The number of aryl methyl sites for hydroxylation is 1. The van der Waals surface area contributed by atoms with E-state index in [1.165, 1.54) is 0 Å².